The van der Waals surface area contributed by atoms with E-state index in [-0.39, 0.29) is 0 Å². The van der Waals surface area contributed by atoms with Crippen molar-refractivity contribution in [2.75, 3.05) is 30.8 Å². The van der Waals surface area contributed by atoms with Gasteiger partial charge in [0.25, 0.3) is 0 Å². The van der Waals surface area contributed by atoms with E-state index in [0.29, 0.717) is 11.9 Å². The molecule has 0 unspecified atom stereocenters. The Bertz CT molecular complexity index is 824. The van der Waals surface area contributed by atoms with Gasteiger partial charge in [-0.2, -0.15) is 5.10 Å². The van der Waals surface area contributed by atoms with Gasteiger partial charge in [0.05, 0.1) is 12.3 Å². The third-order valence-electron chi connectivity index (χ3n) is 3.95. The van der Waals surface area contributed by atoms with Gasteiger partial charge in [0, 0.05) is 38.2 Å². The highest BCUT2D eigenvalue weighted by atomic mass is 16.5. The molecule has 0 saturated carbocycles. The molecule has 7 heteroatoms. The van der Waals surface area contributed by atoms with E-state index in [1.54, 1.807) is 24.0 Å². The van der Waals surface area contributed by atoms with E-state index in [2.05, 4.69) is 15.0 Å². The average molecular weight is 296 g/mol. The fourth-order valence-electron chi connectivity index (χ4n) is 2.63. The molecule has 0 aromatic carbocycles. The summed E-state index contributed by atoms with van der Waals surface area (Å²) in [5, 5.41) is 4.35. The summed E-state index contributed by atoms with van der Waals surface area (Å²) in [6.45, 7) is 1.73. The van der Waals surface area contributed by atoms with Crippen LogP contribution in [-0.4, -0.2) is 45.9 Å². The van der Waals surface area contributed by atoms with Crippen molar-refractivity contribution in [1.29, 1.82) is 0 Å². The summed E-state index contributed by atoms with van der Waals surface area (Å²) in [5.41, 5.74) is 8.48. The van der Waals surface area contributed by atoms with E-state index in [1.165, 1.54) is 0 Å². The Morgan fingerprint density at radius 2 is 2.18 bits per heavy atom. The van der Waals surface area contributed by atoms with Gasteiger partial charge in [0.1, 0.15) is 11.6 Å². The molecule has 112 valence electrons. The molecule has 4 heterocycles. The zero-order valence-electron chi connectivity index (χ0n) is 12.2. The SMILES string of the molecule is COC1CN(c2ccn3ncc(-c4ccnc(N)c4)c3n2)C1. The highest BCUT2D eigenvalue weighted by Crippen LogP contribution is 2.27. The average Bonchev–Trinajstić information content (AvgIpc) is 2.89. The molecular formula is C15H16N6O. The molecule has 1 fully saturated rings. The minimum Gasteiger partial charge on any atom is -0.384 e. The molecule has 0 aliphatic carbocycles. The Morgan fingerprint density at radius 3 is 2.95 bits per heavy atom. The monoisotopic (exact) mass is 296 g/mol. The van der Waals surface area contributed by atoms with Crippen LogP contribution in [0.25, 0.3) is 16.8 Å². The summed E-state index contributed by atoms with van der Waals surface area (Å²) >= 11 is 0. The number of hydrogen-bond donors (Lipinski definition) is 1. The highest BCUT2D eigenvalue weighted by Gasteiger charge is 2.27. The maximum Gasteiger partial charge on any atom is 0.165 e. The van der Waals surface area contributed by atoms with Crippen molar-refractivity contribution in [3.05, 3.63) is 36.8 Å². The van der Waals surface area contributed by atoms with Gasteiger partial charge in [-0.05, 0) is 23.8 Å². The summed E-state index contributed by atoms with van der Waals surface area (Å²) in [7, 11) is 1.74. The van der Waals surface area contributed by atoms with Crippen LogP contribution in [0.4, 0.5) is 11.6 Å². The zero-order valence-corrected chi connectivity index (χ0v) is 12.2. The molecule has 0 atom stereocenters. The first kappa shape index (κ1) is 13.0. The number of nitrogen functional groups attached to an aromatic ring is 1. The quantitative estimate of drug-likeness (QED) is 0.782. The molecule has 4 rings (SSSR count). The van der Waals surface area contributed by atoms with Gasteiger partial charge in [-0.15, -0.1) is 0 Å². The first-order chi connectivity index (χ1) is 10.7. The Labute approximate surface area is 127 Å². The fourth-order valence-corrected chi connectivity index (χ4v) is 2.63. The smallest absolute Gasteiger partial charge is 0.165 e. The zero-order chi connectivity index (χ0) is 15.1. The van der Waals surface area contributed by atoms with Crippen LogP contribution in [-0.2, 0) is 4.74 Å². The molecule has 1 aliphatic rings. The number of nitrogens with zero attached hydrogens (tertiary/aromatic N) is 5. The molecule has 3 aromatic heterocycles. The predicted molar refractivity (Wildman–Crippen MR) is 83.6 cm³/mol. The van der Waals surface area contributed by atoms with Crippen LogP contribution in [0.2, 0.25) is 0 Å². The van der Waals surface area contributed by atoms with Gasteiger partial charge < -0.3 is 15.4 Å². The molecule has 2 N–H and O–H groups in total. The lowest BCUT2D eigenvalue weighted by Gasteiger charge is -2.38. The standard InChI is InChI=1S/C15H16N6O/c1-22-11-8-20(9-11)14-3-5-21-15(19-14)12(7-18-21)10-2-4-17-13(16)6-10/h2-7,11H,8-9H2,1H3,(H2,16,17). The topological polar surface area (TPSA) is 81.6 Å². The first-order valence-electron chi connectivity index (χ1n) is 7.08. The molecule has 7 nitrogen and oxygen atoms in total. The molecule has 1 saturated heterocycles. The maximum atomic E-state index is 5.77. The Kier molecular flexibility index (Phi) is 2.93. The number of aromatic nitrogens is 4. The number of ether oxygens (including phenoxy) is 1. The lowest BCUT2D eigenvalue weighted by Crippen LogP contribution is -2.52. The molecule has 0 amide bonds. The number of nitrogens with two attached hydrogens (primary N) is 1. The van der Waals surface area contributed by atoms with Crippen molar-refractivity contribution < 1.29 is 4.74 Å². The van der Waals surface area contributed by atoms with Crippen molar-refractivity contribution in [2.24, 2.45) is 0 Å². The first-order valence-corrected chi connectivity index (χ1v) is 7.08. The summed E-state index contributed by atoms with van der Waals surface area (Å²) in [6, 6.07) is 5.71. The van der Waals surface area contributed by atoms with Crippen molar-refractivity contribution in [3.8, 4) is 11.1 Å². The summed E-state index contributed by atoms with van der Waals surface area (Å²) < 4.78 is 7.08. The Hall–Kier alpha value is -2.67. The third kappa shape index (κ3) is 2.06. The summed E-state index contributed by atoms with van der Waals surface area (Å²) in [6.07, 6.45) is 5.71. The van der Waals surface area contributed by atoms with Gasteiger partial charge in [-0.25, -0.2) is 14.5 Å². The maximum absolute atomic E-state index is 5.77. The molecular weight excluding hydrogens is 280 g/mol. The molecule has 22 heavy (non-hydrogen) atoms. The van der Waals surface area contributed by atoms with Gasteiger partial charge >= 0.3 is 0 Å². The second-order valence-corrected chi connectivity index (χ2v) is 5.34. The van der Waals surface area contributed by atoms with Crippen LogP contribution in [0.5, 0.6) is 0 Å². The van der Waals surface area contributed by atoms with Crippen LogP contribution in [0, 0.1) is 0 Å². The second kappa shape index (κ2) is 4.96. The fraction of sp³-hybridized carbons (Fsp3) is 0.267. The number of rotatable bonds is 3. The molecule has 0 radical (unpaired) electrons. The third-order valence-corrected chi connectivity index (χ3v) is 3.95. The number of anilines is 2. The van der Waals surface area contributed by atoms with E-state index in [0.717, 1.165) is 35.7 Å². The van der Waals surface area contributed by atoms with Crippen LogP contribution in [0.1, 0.15) is 0 Å². The van der Waals surface area contributed by atoms with E-state index in [1.807, 2.05) is 24.4 Å². The summed E-state index contributed by atoms with van der Waals surface area (Å²) in [5.74, 6) is 1.42. The Morgan fingerprint density at radius 1 is 1.32 bits per heavy atom. The van der Waals surface area contributed by atoms with Gasteiger partial charge in [-0.1, -0.05) is 0 Å². The van der Waals surface area contributed by atoms with Crippen molar-refractivity contribution >= 4 is 17.3 Å². The van der Waals surface area contributed by atoms with E-state index >= 15 is 0 Å². The largest absolute Gasteiger partial charge is 0.384 e. The van der Waals surface area contributed by atoms with E-state index in [4.69, 9.17) is 15.5 Å². The molecule has 3 aromatic rings. The van der Waals surface area contributed by atoms with Gasteiger partial charge in [0.15, 0.2) is 5.65 Å². The Balaban J connectivity index is 1.74. The van der Waals surface area contributed by atoms with Crippen molar-refractivity contribution in [1.82, 2.24) is 19.6 Å². The van der Waals surface area contributed by atoms with Crippen molar-refractivity contribution in [2.45, 2.75) is 6.10 Å². The summed E-state index contributed by atoms with van der Waals surface area (Å²) in [4.78, 5) is 11.0. The predicted octanol–water partition coefficient (Wildman–Crippen LogP) is 1.21. The van der Waals surface area contributed by atoms with Crippen LogP contribution >= 0.6 is 0 Å². The van der Waals surface area contributed by atoms with Crippen LogP contribution in [0.15, 0.2) is 36.8 Å². The second-order valence-electron chi connectivity index (χ2n) is 5.34. The van der Waals surface area contributed by atoms with E-state index < -0.39 is 0 Å². The molecule has 0 spiro atoms. The van der Waals surface area contributed by atoms with Crippen LogP contribution in [0.3, 0.4) is 0 Å². The molecule has 1 aliphatic heterocycles. The van der Waals surface area contributed by atoms with Crippen molar-refractivity contribution in [3.63, 3.8) is 0 Å². The minimum absolute atomic E-state index is 0.294. The number of methoxy groups -OCH3 is 1. The molecule has 0 bridgehead atoms. The normalized spacial score (nSPS) is 15.2. The van der Waals surface area contributed by atoms with E-state index in [9.17, 15) is 0 Å². The lowest BCUT2D eigenvalue weighted by atomic mass is 10.1. The number of fused-ring (bicyclic) bond motifs is 1. The number of hydrogen-bond acceptors (Lipinski definition) is 6. The lowest BCUT2D eigenvalue weighted by molar-refractivity contribution is 0.0783. The highest BCUT2D eigenvalue weighted by molar-refractivity contribution is 5.78. The van der Waals surface area contributed by atoms with Crippen LogP contribution < -0.4 is 10.6 Å². The minimum atomic E-state index is 0.294. The number of pyridine rings is 1. The van der Waals surface area contributed by atoms with Gasteiger partial charge in [-0.3, -0.25) is 0 Å². The van der Waals surface area contributed by atoms with Gasteiger partial charge in [0.2, 0.25) is 0 Å².